The van der Waals surface area contributed by atoms with Crippen LogP contribution in [0.3, 0.4) is 0 Å². The van der Waals surface area contributed by atoms with Crippen LogP contribution in [-0.4, -0.2) is 32.0 Å². The number of hydrogen-bond donors (Lipinski definition) is 1. The standard InChI is InChI=1S/C16H23N3O2/c1-13(17-18-16(20)21-2)14-7-9-15(10-8-14)19-11-5-3-4-6-12-19/h7-10H,3-6,11-12H2,1-2H3,(H,18,20)/b17-13+. The maximum absolute atomic E-state index is 11.0. The fourth-order valence-corrected chi connectivity index (χ4v) is 2.48. The van der Waals surface area contributed by atoms with E-state index >= 15 is 0 Å². The number of hydrazone groups is 1. The van der Waals surface area contributed by atoms with Gasteiger partial charge in [0.15, 0.2) is 0 Å². The Morgan fingerprint density at radius 1 is 1.14 bits per heavy atom. The van der Waals surface area contributed by atoms with Crippen LogP contribution in [0.1, 0.15) is 38.2 Å². The largest absolute Gasteiger partial charge is 0.452 e. The molecular weight excluding hydrogens is 266 g/mol. The Balaban J connectivity index is 2.02. The third-order valence-electron chi connectivity index (χ3n) is 3.76. The number of ether oxygens (including phenoxy) is 1. The van der Waals surface area contributed by atoms with Crippen LogP contribution in [0.4, 0.5) is 10.5 Å². The molecule has 0 unspecified atom stereocenters. The van der Waals surface area contributed by atoms with E-state index in [-0.39, 0.29) is 0 Å². The summed E-state index contributed by atoms with van der Waals surface area (Å²) in [5.41, 5.74) is 5.34. The van der Waals surface area contributed by atoms with Gasteiger partial charge >= 0.3 is 6.09 Å². The average molecular weight is 289 g/mol. The SMILES string of the molecule is COC(=O)N/N=C(\C)c1ccc(N2CCCCCC2)cc1. The normalized spacial score (nSPS) is 16.3. The van der Waals surface area contributed by atoms with Crippen LogP contribution < -0.4 is 10.3 Å². The first-order valence-electron chi connectivity index (χ1n) is 7.44. The average Bonchev–Trinajstić information content (AvgIpc) is 2.81. The predicted molar refractivity (Wildman–Crippen MR) is 84.9 cm³/mol. The third kappa shape index (κ3) is 4.48. The molecule has 5 heteroatoms. The topological polar surface area (TPSA) is 53.9 Å². The number of anilines is 1. The van der Waals surface area contributed by atoms with Crippen LogP contribution in [0.15, 0.2) is 29.4 Å². The van der Waals surface area contributed by atoms with Gasteiger partial charge in [-0.15, -0.1) is 0 Å². The molecule has 1 saturated heterocycles. The summed E-state index contributed by atoms with van der Waals surface area (Å²) >= 11 is 0. The van der Waals surface area contributed by atoms with Crippen LogP contribution in [0.5, 0.6) is 0 Å². The summed E-state index contributed by atoms with van der Waals surface area (Å²) in [4.78, 5) is 13.4. The molecule has 1 aliphatic heterocycles. The van der Waals surface area contributed by atoms with Gasteiger partial charge in [-0.05, 0) is 37.5 Å². The molecule has 1 fully saturated rings. The summed E-state index contributed by atoms with van der Waals surface area (Å²) in [7, 11) is 1.32. The van der Waals surface area contributed by atoms with Crippen molar-refractivity contribution in [3.8, 4) is 0 Å². The maximum atomic E-state index is 11.0. The van der Waals surface area contributed by atoms with Gasteiger partial charge in [0.25, 0.3) is 0 Å². The van der Waals surface area contributed by atoms with Crippen molar-refractivity contribution < 1.29 is 9.53 Å². The molecule has 1 aliphatic rings. The smallest absolute Gasteiger partial charge is 0.427 e. The van der Waals surface area contributed by atoms with Gasteiger partial charge in [-0.1, -0.05) is 25.0 Å². The van der Waals surface area contributed by atoms with Crippen molar-refractivity contribution in [1.29, 1.82) is 0 Å². The molecule has 0 aromatic heterocycles. The monoisotopic (exact) mass is 289 g/mol. The molecule has 1 aromatic rings. The first kappa shape index (κ1) is 15.4. The lowest BCUT2D eigenvalue weighted by Crippen LogP contribution is -2.23. The van der Waals surface area contributed by atoms with Crippen molar-refractivity contribution in [2.45, 2.75) is 32.6 Å². The minimum Gasteiger partial charge on any atom is -0.452 e. The second-order valence-corrected chi connectivity index (χ2v) is 5.25. The highest BCUT2D eigenvalue weighted by atomic mass is 16.5. The molecule has 0 atom stereocenters. The first-order chi connectivity index (χ1) is 10.2. The fraction of sp³-hybridized carbons (Fsp3) is 0.500. The molecule has 21 heavy (non-hydrogen) atoms. The third-order valence-corrected chi connectivity index (χ3v) is 3.76. The zero-order chi connectivity index (χ0) is 15.1. The van der Waals surface area contributed by atoms with Crippen molar-refractivity contribution in [2.24, 2.45) is 5.10 Å². The number of amides is 1. The molecule has 114 valence electrons. The molecule has 1 aromatic carbocycles. The Hall–Kier alpha value is -2.04. The van der Waals surface area contributed by atoms with Crippen LogP contribution in [0, 0.1) is 0 Å². The second kappa shape index (κ2) is 7.67. The van der Waals surface area contributed by atoms with E-state index in [1.807, 2.05) is 19.1 Å². The minimum atomic E-state index is -0.560. The molecule has 0 saturated carbocycles. The van der Waals surface area contributed by atoms with Crippen LogP contribution in [0.2, 0.25) is 0 Å². The lowest BCUT2D eigenvalue weighted by Gasteiger charge is -2.22. The second-order valence-electron chi connectivity index (χ2n) is 5.25. The van der Waals surface area contributed by atoms with E-state index in [9.17, 15) is 4.79 Å². The number of methoxy groups -OCH3 is 1. The van der Waals surface area contributed by atoms with Crippen molar-refractivity contribution in [3.05, 3.63) is 29.8 Å². The molecule has 2 rings (SSSR count). The highest BCUT2D eigenvalue weighted by Gasteiger charge is 2.10. The lowest BCUT2D eigenvalue weighted by atomic mass is 10.1. The number of hydrogen-bond acceptors (Lipinski definition) is 4. The van der Waals surface area contributed by atoms with Gasteiger partial charge in [-0.3, -0.25) is 0 Å². The minimum absolute atomic E-state index is 0.560. The maximum Gasteiger partial charge on any atom is 0.427 e. The quantitative estimate of drug-likeness (QED) is 0.687. The van der Waals surface area contributed by atoms with Crippen LogP contribution in [0.25, 0.3) is 0 Å². The van der Waals surface area contributed by atoms with Gasteiger partial charge in [-0.2, -0.15) is 5.10 Å². The van der Waals surface area contributed by atoms with E-state index in [0.717, 1.165) is 24.4 Å². The highest BCUT2D eigenvalue weighted by molar-refractivity contribution is 5.99. The van der Waals surface area contributed by atoms with Crippen molar-refractivity contribution in [1.82, 2.24) is 5.43 Å². The number of benzene rings is 1. The molecule has 0 bridgehead atoms. The molecule has 0 aliphatic carbocycles. The van der Waals surface area contributed by atoms with Gasteiger partial charge in [-0.25, -0.2) is 10.2 Å². The van der Waals surface area contributed by atoms with E-state index < -0.39 is 6.09 Å². The predicted octanol–water partition coefficient (Wildman–Crippen LogP) is 3.15. The van der Waals surface area contributed by atoms with Crippen LogP contribution >= 0.6 is 0 Å². The van der Waals surface area contributed by atoms with Crippen LogP contribution in [-0.2, 0) is 4.74 Å². The summed E-state index contributed by atoms with van der Waals surface area (Å²) in [5.74, 6) is 0. The number of nitrogens with zero attached hydrogens (tertiary/aromatic N) is 2. The first-order valence-corrected chi connectivity index (χ1v) is 7.44. The number of carbonyl (C=O) groups excluding carboxylic acids is 1. The van der Waals surface area contributed by atoms with Gasteiger partial charge in [0.2, 0.25) is 0 Å². The van der Waals surface area contributed by atoms with Gasteiger partial charge in [0.05, 0.1) is 12.8 Å². The molecule has 1 amide bonds. The summed E-state index contributed by atoms with van der Waals surface area (Å²) in [6, 6.07) is 8.33. The fourth-order valence-electron chi connectivity index (χ4n) is 2.48. The zero-order valence-corrected chi connectivity index (χ0v) is 12.8. The summed E-state index contributed by atoms with van der Waals surface area (Å²) < 4.78 is 4.48. The number of carbonyl (C=O) groups is 1. The van der Waals surface area contributed by atoms with E-state index in [1.165, 1.54) is 38.5 Å². The van der Waals surface area contributed by atoms with Gasteiger partial charge in [0, 0.05) is 18.8 Å². The number of rotatable bonds is 3. The Kier molecular flexibility index (Phi) is 5.60. The van der Waals surface area contributed by atoms with E-state index in [1.54, 1.807) is 0 Å². The molecule has 0 spiro atoms. The molecule has 0 radical (unpaired) electrons. The van der Waals surface area contributed by atoms with Crippen molar-refractivity contribution >= 4 is 17.5 Å². The van der Waals surface area contributed by atoms with E-state index in [4.69, 9.17) is 0 Å². The van der Waals surface area contributed by atoms with E-state index in [0.29, 0.717) is 0 Å². The highest BCUT2D eigenvalue weighted by Crippen LogP contribution is 2.20. The Labute approximate surface area is 126 Å². The number of nitrogens with one attached hydrogen (secondary N) is 1. The molecular formula is C16H23N3O2. The zero-order valence-electron chi connectivity index (χ0n) is 12.8. The summed E-state index contributed by atoms with van der Waals surface area (Å²) in [5, 5.41) is 4.00. The molecule has 5 nitrogen and oxygen atoms in total. The van der Waals surface area contributed by atoms with E-state index in [2.05, 4.69) is 32.3 Å². The van der Waals surface area contributed by atoms with Gasteiger partial charge in [0.1, 0.15) is 0 Å². The Morgan fingerprint density at radius 2 is 1.76 bits per heavy atom. The van der Waals surface area contributed by atoms with Gasteiger partial charge < -0.3 is 9.64 Å². The molecule has 1 N–H and O–H groups in total. The summed E-state index contributed by atoms with van der Waals surface area (Å²) in [6.45, 7) is 4.13. The van der Waals surface area contributed by atoms with Crippen molar-refractivity contribution in [3.63, 3.8) is 0 Å². The Morgan fingerprint density at radius 3 is 2.33 bits per heavy atom. The molecule has 1 heterocycles. The lowest BCUT2D eigenvalue weighted by molar-refractivity contribution is 0.171. The van der Waals surface area contributed by atoms with Crippen molar-refractivity contribution in [2.75, 3.05) is 25.1 Å². The Bertz CT molecular complexity index is 489. The summed E-state index contributed by atoms with van der Waals surface area (Å²) in [6.07, 6.45) is 4.64.